The number of nitrogens with one attached hydrogen (secondary N) is 1. The fourth-order valence-electron chi connectivity index (χ4n) is 2.06. The smallest absolute Gasteiger partial charge is 0.0541 e. The van der Waals surface area contributed by atoms with E-state index in [9.17, 15) is 5.11 Å². The van der Waals surface area contributed by atoms with Gasteiger partial charge in [-0.15, -0.1) is 12.4 Å². The van der Waals surface area contributed by atoms with Crippen LogP contribution in [0.4, 0.5) is 0 Å². The number of aliphatic hydroxyl groups excluding tert-OH is 1. The second-order valence-electron chi connectivity index (χ2n) is 3.69. The van der Waals surface area contributed by atoms with E-state index in [1.54, 1.807) is 0 Å². The van der Waals surface area contributed by atoms with Crippen LogP contribution in [0.15, 0.2) is 0 Å². The van der Waals surface area contributed by atoms with Crippen LogP contribution in [-0.4, -0.2) is 23.3 Å². The van der Waals surface area contributed by atoms with Gasteiger partial charge in [-0.25, -0.2) is 0 Å². The van der Waals surface area contributed by atoms with Gasteiger partial charge < -0.3 is 10.4 Å². The molecule has 11 heavy (non-hydrogen) atoms. The predicted molar refractivity (Wildman–Crippen MR) is 47.1 cm³/mol. The maximum absolute atomic E-state index is 9.23. The van der Waals surface area contributed by atoms with E-state index >= 15 is 0 Å². The van der Waals surface area contributed by atoms with Gasteiger partial charge in [0.25, 0.3) is 0 Å². The normalized spacial score (nSPS) is 42.8. The molecule has 2 nitrogen and oxygen atoms in total. The molecule has 66 valence electrons. The molecular formula is C8H16ClNO. The molecule has 0 aromatic heterocycles. The van der Waals surface area contributed by atoms with Crippen molar-refractivity contribution in [3.63, 3.8) is 0 Å². The highest BCUT2D eigenvalue weighted by atomic mass is 35.5. The highest BCUT2D eigenvalue weighted by Gasteiger charge is 2.38. The summed E-state index contributed by atoms with van der Waals surface area (Å²) in [5.74, 6) is 0. The van der Waals surface area contributed by atoms with Crippen molar-refractivity contribution in [2.75, 3.05) is 6.54 Å². The van der Waals surface area contributed by atoms with E-state index in [2.05, 4.69) is 5.32 Å². The molecule has 1 aliphatic heterocycles. The lowest BCUT2D eigenvalue weighted by Gasteiger charge is -2.47. The van der Waals surface area contributed by atoms with Crippen LogP contribution in [0.5, 0.6) is 0 Å². The molecule has 3 heteroatoms. The van der Waals surface area contributed by atoms with Gasteiger partial charge in [0.15, 0.2) is 0 Å². The third-order valence-corrected chi connectivity index (χ3v) is 3.02. The Balaban J connectivity index is 0.000000605. The number of rotatable bonds is 0. The first-order valence-electron chi connectivity index (χ1n) is 4.24. The van der Waals surface area contributed by atoms with Crippen LogP contribution in [0.25, 0.3) is 0 Å². The second kappa shape index (κ2) is 3.30. The van der Waals surface area contributed by atoms with Gasteiger partial charge in [0, 0.05) is 5.54 Å². The van der Waals surface area contributed by atoms with Crippen LogP contribution in [0, 0.1) is 0 Å². The van der Waals surface area contributed by atoms with E-state index in [1.165, 1.54) is 25.8 Å². The molecule has 2 aliphatic rings. The summed E-state index contributed by atoms with van der Waals surface area (Å²) >= 11 is 0. The zero-order chi connectivity index (χ0) is 7.03. The molecule has 1 spiro atoms. The summed E-state index contributed by atoms with van der Waals surface area (Å²) in [5, 5.41) is 12.7. The Labute approximate surface area is 73.8 Å². The summed E-state index contributed by atoms with van der Waals surface area (Å²) in [7, 11) is 0. The van der Waals surface area contributed by atoms with Crippen molar-refractivity contribution in [3.8, 4) is 0 Å². The van der Waals surface area contributed by atoms with E-state index in [-0.39, 0.29) is 18.5 Å². The Morgan fingerprint density at radius 2 is 1.73 bits per heavy atom. The molecule has 1 heterocycles. The topological polar surface area (TPSA) is 32.3 Å². The number of hydrogen-bond acceptors (Lipinski definition) is 2. The molecule has 0 amide bonds. The fraction of sp³-hybridized carbons (Fsp3) is 1.00. The minimum Gasteiger partial charge on any atom is -0.393 e. The largest absolute Gasteiger partial charge is 0.393 e. The van der Waals surface area contributed by atoms with E-state index in [0.717, 1.165) is 12.8 Å². The summed E-state index contributed by atoms with van der Waals surface area (Å²) in [6.45, 7) is 1.19. The first-order valence-corrected chi connectivity index (χ1v) is 4.24. The maximum atomic E-state index is 9.23. The van der Waals surface area contributed by atoms with Crippen molar-refractivity contribution in [2.45, 2.75) is 43.7 Å². The molecule has 0 aromatic rings. The zero-order valence-electron chi connectivity index (χ0n) is 6.68. The third-order valence-electron chi connectivity index (χ3n) is 3.02. The zero-order valence-corrected chi connectivity index (χ0v) is 7.49. The van der Waals surface area contributed by atoms with Gasteiger partial charge in [-0.05, 0) is 38.6 Å². The van der Waals surface area contributed by atoms with Crippen molar-refractivity contribution >= 4 is 12.4 Å². The Morgan fingerprint density at radius 1 is 1.18 bits per heavy atom. The highest BCUT2D eigenvalue weighted by Crippen LogP contribution is 2.35. The number of aliphatic hydroxyl groups is 1. The number of hydrogen-bond donors (Lipinski definition) is 2. The first kappa shape index (κ1) is 9.30. The quantitative estimate of drug-likeness (QED) is 0.581. The average molecular weight is 178 g/mol. The molecule has 0 radical (unpaired) electrons. The van der Waals surface area contributed by atoms with Gasteiger partial charge in [0.1, 0.15) is 0 Å². The van der Waals surface area contributed by atoms with Gasteiger partial charge in [-0.3, -0.25) is 0 Å². The van der Waals surface area contributed by atoms with Crippen molar-refractivity contribution in [2.24, 2.45) is 0 Å². The summed E-state index contributed by atoms with van der Waals surface area (Å²) in [5.41, 5.74) is 0.471. The highest BCUT2D eigenvalue weighted by molar-refractivity contribution is 5.85. The SMILES string of the molecule is Cl.OC1CCC2(CCN2)CC1. The van der Waals surface area contributed by atoms with Crippen LogP contribution in [-0.2, 0) is 0 Å². The lowest BCUT2D eigenvalue weighted by molar-refractivity contribution is 0.0533. The standard InChI is InChI=1S/C8H15NO.ClH/c10-7-1-3-8(4-2-7)5-6-9-8;/h7,9-10H,1-6H2;1H. The molecule has 2 fully saturated rings. The van der Waals surface area contributed by atoms with Crippen molar-refractivity contribution in [1.29, 1.82) is 0 Å². The van der Waals surface area contributed by atoms with Gasteiger partial charge in [-0.1, -0.05) is 0 Å². The Kier molecular flexibility index (Phi) is 2.79. The minimum atomic E-state index is -0.00646. The molecule has 2 N–H and O–H groups in total. The lowest BCUT2D eigenvalue weighted by Crippen LogP contribution is -2.58. The summed E-state index contributed by atoms with van der Waals surface area (Å²) in [4.78, 5) is 0. The van der Waals surface area contributed by atoms with E-state index in [4.69, 9.17) is 0 Å². The van der Waals surface area contributed by atoms with Gasteiger partial charge >= 0.3 is 0 Å². The molecule has 1 saturated carbocycles. The Morgan fingerprint density at radius 3 is 2.09 bits per heavy atom. The molecular weight excluding hydrogens is 162 g/mol. The lowest BCUT2D eigenvalue weighted by atomic mass is 9.74. The van der Waals surface area contributed by atoms with Gasteiger partial charge in [-0.2, -0.15) is 0 Å². The fourth-order valence-corrected chi connectivity index (χ4v) is 2.06. The molecule has 0 atom stereocenters. The summed E-state index contributed by atoms with van der Waals surface area (Å²) in [6.07, 6.45) is 5.72. The Bertz CT molecular complexity index is 126. The molecule has 2 rings (SSSR count). The third kappa shape index (κ3) is 1.68. The van der Waals surface area contributed by atoms with Crippen LogP contribution in [0.1, 0.15) is 32.1 Å². The first-order chi connectivity index (χ1) is 4.81. The van der Waals surface area contributed by atoms with Gasteiger partial charge in [0.2, 0.25) is 0 Å². The van der Waals surface area contributed by atoms with Crippen LogP contribution in [0.2, 0.25) is 0 Å². The van der Waals surface area contributed by atoms with Crippen molar-refractivity contribution in [3.05, 3.63) is 0 Å². The summed E-state index contributed by atoms with van der Waals surface area (Å²) in [6, 6.07) is 0. The van der Waals surface area contributed by atoms with Crippen molar-refractivity contribution in [1.82, 2.24) is 5.32 Å². The molecule has 0 unspecified atom stereocenters. The van der Waals surface area contributed by atoms with Crippen LogP contribution >= 0.6 is 12.4 Å². The predicted octanol–water partition coefficient (Wildman–Crippen LogP) is 1.08. The van der Waals surface area contributed by atoms with Crippen LogP contribution in [0.3, 0.4) is 0 Å². The van der Waals surface area contributed by atoms with E-state index in [1.807, 2.05) is 0 Å². The minimum absolute atomic E-state index is 0. The molecule has 0 bridgehead atoms. The van der Waals surface area contributed by atoms with Gasteiger partial charge in [0.05, 0.1) is 6.10 Å². The number of halogens is 1. The van der Waals surface area contributed by atoms with Crippen LogP contribution < -0.4 is 5.32 Å². The van der Waals surface area contributed by atoms with E-state index in [0.29, 0.717) is 5.54 Å². The average Bonchev–Trinajstić information content (AvgIpc) is 1.86. The maximum Gasteiger partial charge on any atom is 0.0541 e. The molecule has 1 aliphatic carbocycles. The second-order valence-corrected chi connectivity index (χ2v) is 3.69. The molecule has 0 aromatic carbocycles. The van der Waals surface area contributed by atoms with Crippen molar-refractivity contribution < 1.29 is 5.11 Å². The Hall–Kier alpha value is 0.210. The monoisotopic (exact) mass is 177 g/mol. The van der Waals surface area contributed by atoms with E-state index < -0.39 is 0 Å². The molecule has 1 saturated heterocycles. The summed E-state index contributed by atoms with van der Waals surface area (Å²) < 4.78 is 0.